The molecule has 3 aromatic rings. The van der Waals surface area contributed by atoms with Crippen molar-refractivity contribution in [3.05, 3.63) is 103 Å². The van der Waals surface area contributed by atoms with E-state index in [-0.39, 0.29) is 16.5 Å². The van der Waals surface area contributed by atoms with Gasteiger partial charge in [0, 0.05) is 5.57 Å². The standard InChI is InChI=1S/C18H15S.C6H8F2O6S/c1-4-10-16(11-5-1)19(17-12-6-2-7-13-17)18-14-8-3-9-15-18;1-4(2)5(9)14-13-3-6(7,8)15(10,11)12/h1-15H;1,3H2,2H3,(H,10,11,12)/q+1;/p-1. The number of rotatable bonds is 8. The molecule has 0 fully saturated rings. The number of carbonyl (C=O) groups is 1. The third kappa shape index (κ3) is 8.07. The zero-order valence-corrected chi connectivity index (χ0v) is 19.7. The Hall–Kier alpha value is -3.05. The maximum atomic E-state index is 12.3. The Morgan fingerprint density at radius 2 is 1.24 bits per heavy atom. The molecule has 0 spiro atoms. The quantitative estimate of drug-likeness (QED) is 0.140. The van der Waals surface area contributed by atoms with Crippen LogP contribution in [0.25, 0.3) is 0 Å². The summed E-state index contributed by atoms with van der Waals surface area (Å²) in [5.74, 6) is -1.14. The predicted molar refractivity (Wildman–Crippen MR) is 123 cm³/mol. The van der Waals surface area contributed by atoms with Crippen molar-refractivity contribution in [2.75, 3.05) is 6.61 Å². The van der Waals surface area contributed by atoms with Crippen LogP contribution in [0.15, 0.2) is 118 Å². The second kappa shape index (κ2) is 12.4. The molecule has 3 aromatic carbocycles. The van der Waals surface area contributed by atoms with Crippen LogP contribution in [0.4, 0.5) is 8.78 Å². The van der Waals surface area contributed by atoms with Gasteiger partial charge < -0.3 is 4.55 Å². The summed E-state index contributed by atoms with van der Waals surface area (Å²) in [4.78, 5) is 22.0. The molecule has 0 saturated heterocycles. The highest BCUT2D eigenvalue weighted by Gasteiger charge is 2.39. The van der Waals surface area contributed by atoms with Crippen LogP contribution in [0, 0.1) is 0 Å². The highest BCUT2D eigenvalue weighted by molar-refractivity contribution is 7.97. The first kappa shape index (κ1) is 27.2. The molecule has 0 aromatic heterocycles. The largest absolute Gasteiger partial charge is 0.743 e. The fourth-order valence-electron chi connectivity index (χ4n) is 2.37. The number of alkyl halides is 2. The van der Waals surface area contributed by atoms with E-state index in [1.165, 1.54) is 21.6 Å². The summed E-state index contributed by atoms with van der Waals surface area (Å²) in [5, 5.41) is -4.65. The minimum Gasteiger partial charge on any atom is -0.743 e. The lowest BCUT2D eigenvalue weighted by Gasteiger charge is -2.18. The molecule has 0 aliphatic rings. The molecule has 0 aliphatic heterocycles. The van der Waals surface area contributed by atoms with E-state index in [4.69, 9.17) is 0 Å². The molecule has 0 N–H and O–H groups in total. The first-order valence-electron chi connectivity index (χ1n) is 9.75. The van der Waals surface area contributed by atoms with Crippen molar-refractivity contribution in [3.8, 4) is 0 Å². The fraction of sp³-hybridized carbons (Fsp3) is 0.125. The molecule has 0 aliphatic carbocycles. The third-order valence-corrected chi connectivity index (χ3v) is 7.09. The molecular formula is C24H22F2O6S2. The number of halogens is 2. The molecule has 0 heterocycles. The van der Waals surface area contributed by atoms with Crippen LogP contribution in [0.1, 0.15) is 6.92 Å². The van der Waals surface area contributed by atoms with Crippen LogP contribution >= 0.6 is 0 Å². The summed E-state index contributed by atoms with van der Waals surface area (Å²) in [5.41, 5.74) is -0.136. The normalized spacial score (nSPS) is 11.3. The molecular weight excluding hydrogens is 486 g/mol. The average molecular weight is 509 g/mol. The zero-order valence-electron chi connectivity index (χ0n) is 18.1. The van der Waals surface area contributed by atoms with Gasteiger partial charge in [0.05, 0.1) is 10.9 Å². The second-order valence-corrected chi connectivity index (χ2v) is 10.3. The lowest BCUT2D eigenvalue weighted by atomic mass is 10.4. The highest BCUT2D eigenvalue weighted by Crippen LogP contribution is 2.30. The van der Waals surface area contributed by atoms with Crippen molar-refractivity contribution in [1.29, 1.82) is 0 Å². The van der Waals surface area contributed by atoms with E-state index in [1.807, 2.05) is 0 Å². The predicted octanol–water partition coefficient (Wildman–Crippen LogP) is 4.96. The van der Waals surface area contributed by atoms with Crippen LogP contribution < -0.4 is 0 Å². The topological polar surface area (TPSA) is 92.7 Å². The number of hydrogen-bond donors (Lipinski definition) is 0. The minimum absolute atomic E-state index is 0.0146. The molecule has 0 radical (unpaired) electrons. The Kier molecular flexibility index (Phi) is 9.94. The number of carbonyl (C=O) groups excluding carboxylic acids is 1. The Bertz CT molecular complexity index is 1080. The average Bonchev–Trinajstić information content (AvgIpc) is 2.81. The third-order valence-electron chi connectivity index (χ3n) is 4.01. The van der Waals surface area contributed by atoms with Gasteiger partial charge in [0.1, 0.15) is 0 Å². The second-order valence-electron chi connectivity index (χ2n) is 6.75. The molecule has 0 amide bonds. The van der Waals surface area contributed by atoms with Crippen molar-refractivity contribution in [3.63, 3.8) is 0 Å². The van der Waals surface area contributed by atoms with E-state index in [0.29, 0.717) is 0 Å². The Morgan fingerprint density at radius 1 is 0.882 bits per heavy atom. The van der Waals surface area contributed by atoms with E-state index in [2.05, 4.69) is 107 Å². The molecule has 0 atom stereocenters. The first-order valence-corrected chi connectivity index (χ1v) is 12.4. The molecule has 0 bridgehead atoms. The monoisotopic (exact) mass is 508 g/mol. The van der Waals surface area contributed by atoms with Gasteiger partial charge in [0.25, 0.3) is 0 Å². The summed E-state index contributed by atoms with van der Waals surface area (Å²) < 4.78 is 54.4. The Morgan fingerprint density at radius 3 is 1.53 bits per heavy atom. The Labute approximate surface area is 199 Å². The minimum atomic E-state index is -5.84. The fourth-order valence-corrected chi connectivity index (χ4v) is 4.67. The maximum absolute atomic E-state index is 12.3. The van der Waals surface area contributed by atoms with E-state index in [0.717, 1.165) is 0 Å². The van der Waals surface area contributed by atoms with Crippen molar-refractivity contribution in [2.24, 2.45) is 0 Å². The molecule has 3 rings (SSSR count). The summed E-state index contributed by atoms with van der Waals surface area (Å²) in [6.45, 7) is 2.45. The van der Waals surface area contributed by atoms with Gasteiger partial charge in [0.15, 0.2) is 31.4 Å². The lowest BCUT2D eigenvalue weighted by Crippen LogP contribution is -2.34. The maximum Gasteiger partial charge on any atom is 0.368 e. The SMILES string of the molecule is C=C(C)C(=O)OOCC(F)(F)S(=O)(=O)[O-].c1ccc([S+](c2ccccc2)c2ccccc2)cc1. The van der Waals surface area contributed by atoms with Gasteiger partial charge >= 0.3 is 11.2 Å². The van der Waals surface area contributed by atoms with Crippen molar-refractivity contribution < 1.29 is 36.3 Å². The van der Waals surface area contributed by atoms with Crippen LogP contribution in [0.2, 0.25) is 0 Å². The van der Waals surface area contributed by atoms with E-state index >= 15 is 0 Å². The van der Waals surface area contributed by atoms with Crippen LogP contribution in [-0.4, -0.2) is 30.8 Å². The zero-order chi connectivity index (χ0) is 25.2. The van der Waals surface area contributed by atoms with Crippen molar-refractivity contribution in [1.82, 2.24) is 0 Å². The van der Waals surface area contributed by atoms with Gasteiger partial charge in [-0.2, -0.15) is 13.7 Å². The smallest absolute Gasteiger partial charge is 0.368 e. The lowest BCUT2D eigenvalue weighted by molar-refractivity contribution is -0.285. The van der Waals surface area contributed by atoms with E-state index < -0.39 is 27.9 Å². The van der Waals surface area contributed by atoms with Gasteiger partial charge in [-0.1, -0.05) is 61.2 Å². The van der Waals surface area contributed by atoms with Gasteiger partial charge in [-0.15, -0.1) is 0 Å². The molecule has 180 valence electrons. The summed E-state index contributed by atoms with van der Waals surface area (Å²) in [7, 11) is -5.86. The molecule has 0 saturated carbocycles. The Balaban J connectivity index is 0.000000249. The number of hydrogen-bond acceptors (Lipinski definition) is 6. The molecule has 0 unspecified atom stereocenters. The molecule has 10 heteroatoms. The van der Waals surface area contributed by atoms with Crippen LogP contribution in [0.5, 0.6) is 0 Å². The van der Waals surface area contributed by atoms with Gasteiger partial charge in [0.2, 0.25) is 0 Å². The van der Waals surface area contributed by atoms with Crippen LogP contribution in [-0.2, 0) is 35.6 Å². The highest BCUT2D eigenvalue weighted by atomic mass is 32.2. The van der Waals surface area contributed by atoms with Gasteiger partial charge in [-0.05, 0) is 43.3 Å². The molecule has 6 nitrogen and oxygen atoms in total. The van der Waals surface area contributed by atoms with Crippen molar-refractivity contribution >= 4 is 27.0 Å². The summed E-state index contributed by atoms with van der Waals surface area (Å²) in [6, 6.07) is 32.2. The summed E-state index contributed by atoms with van der Waals surface area (Å²) in [6.07, 6.45) is 0. The molecule has 34 heavy (non-hydrogen) atoms. The van der Waals surface area contributed by atoms with Crippen LogP contribution in [0.3, 0.4) is 0 Å². The van der Waals surface area contributed by atoms with Gasteiger partial charge in [-0.25, -0.2) is 13.2 Å². The summed E-state index contributed by atoms with van der Waals surface area (Å²) >= 11 is 0. The number of benzene rings is 3. The van der Waals surface area contributed by atoms with E-state index in [1.54, 1.807) is 0 Å². The van der Waals surface area contributed by atoms with Gasteiger partial charge in [-0.3, -0.25) is 4.89 Å². The first-order chi connectivity index (χ1) is 16.0. The van der Waals surface area contributed by atoms with E-state index in [9.17, 15) is 26.5 Å². The van der Waals surface area contributed by atoms with Crippen molar-refractivity contribution in [2.45, 2.75) is 26.9 Å².